The number of halogens is 2. The van der Waals surface area contributed by atoms with Gasteiger partial charge in [0.05, 0.1) is 5.00 Å². The lowest BCUT2D eigenvalue weighted by Gasteiger charge is -2.14. The Balaban J connectivity index is 1.80. The van der Waals surface area contributed by atoms with Crippen molar-refractivity contribution in [2.24, 2.45) is 0 Å². The van der Waals surface area contributed by atoms with Crippen molar-refractivity contribution < 1.29 is 8.78 Å². The van der Waals surface area contributed by atoms with Gasteiger partial charge in [0.2, 0.25) is 0 Å². The Kier molecular flexibility index (Phi) is 3.42. The molecule has 2 heterocycles. The Hall–Kier alpha value is -2.20. The summed E-state index contributed by atoms with van der Waals surface area (Å²) in [6, 6.07) is 12.8. The molecular formula is C21H17F2NS. The van der Waals surface area contributed by atoms with Crippen LogP contribution in [0.15, 0.2) is 42.5 Å². The van der Waals surface area contributed by atoms with E-state index in [4.69, 9.17) is 0 Å². The second kappa shape index (κ2) is 5.67. The highest BCUT2D eigenvalue weighted by molar-refractivity contribution is 7.20. The molecule has 0 radical (unpaired) electrons. The fourth-order valence-electron chi connectivity index (χ4n) is 3.98. The van der Waals surface area contributed by atoms with Gasteiger partial charge in [-0.25, -0.2) is 8.78 Å². The van der Waals surface area contributed by atoms with Crippen molar-refractivity contribution in [3.8, 4) is 21.6 Å². The molecule has 1 aliphatic carbocycles. The minimum absolute atomic E-state index is 0.452. The molecule has 5 rings (SSSR count). The number of thiophene rings is 1. The molecule has 2 aliphatic rings. The van der Waals surface area contributed by atoms with E-state index in [-0.39, 0.29) is 0 Å². The fraction of sp³-hybridized carbons (Fsp3) is 0.238. The zero-order valence-corrected chi connectivity index (χ0v) is 14.5. The van der Waals surface area contributed by atoms with Crippen LogP contribution in [0.5, 0.6) is 0 Å². The van der Waals surface area contributed by atoms with Crippen molar-refractivity contribution in [3.05, 3.63) is 65.2 Å². The highest BCUT2D eigenvalue weighted by atomic mass is 32.1. The van der Waals surface area contributed by atoms with E-state index in [9.17, 15) is 8.78 Å². The van der Waals surface area contributed by atoms with Crippen LogP contribution in [0.3, 0.4) is 0 Å². The molecule has 126 valence electrons. The van der Waals surface area contributed by atoms with E-state index < -0.39 is 11.6 Å². The summed E-state index contributed by atoms with van der Waals surface area (Å²) in [5.74, 6) is -0.964. The highest BCUT2D eigenvalue weighted by Crippen LogP contribution is 2.48. The number of nitrogens with zero attached hydrogens (tertiary/aromatic N) is 1. The Morgan fingerprint density at radius 1 is 0.880 bits per heavy atom. The van der Waals surface area contributed by atoms with Gasteiger partial charge in [-0.15, -0.1) is 11.3 Å². The lowest BCUT2D eigenvalue weighted by atomic mass is 9.98. The van der Waals surface area contributed by atoms with Crippen molar-refractivity contribution in [2.45, 2.75) is 19.3 Å². The number of rotatable bonds is 1. The van der Waals surface area contributed by atoms with Crippen LogP contribution >= 0.6 is 11.3 Å². The molecular weight excluding hydrogens is 336 g/mol. The predicted molar refractivity (Wildman–Crippen MR) is 99.4 cm³/mol. The van der Waals surface area contributed by atoms with Crippen LogP contribution in [-0.4, -0.2) is 13.1 Å². The first-order valence-corrected chi connectivity index (χ1v) is 9.48. The number of fused-ring (bicyclic) bond motifs is 5. The summed E-state index contributed by atoms with van der Waals surface area (Å²) in [7, 11) is 0. The average molecular weight is 353 g/mol. The fourth-order valence-corrected chi connectivity index (χ4v) is 5.27. The second-order valence-corrected chi connectivity index (χ2v) is 7.80. The normalized spacial score (nSPS) is 15.5. The van der Waals surface area contributed by atoms with Crippen LogP contribution in [0.25, 0.3) is 21.6 Å². The van der Waals surface area contributed by atoms with E-state index in [1.54, 1.807) is 11.3 Å². The summed E-state index contributed by atoms with van der Waals surface area (Å²) in [5, 5.41) is 1.20. The molecule has 1 aliphatic heterocycles. The van der Waals surface area contributed by atoms with E-state index in [2.05, 4.69) is 17.0 Å². The summed E-state index contributed by atoms with van der Waals surface area (Å²) in [4.78, 5) is 3.51. The SMILES string of the molecule is Fc1cc(F)c2c(c1)-c1cc(N3CCCC3)sc1-c1ccccc1C2. The van der Waals surface area contributed by atoms with Gasteiger partial charge in [-0.3, -0.25) is 0 Å². The maximum atomic E-state index is 14.6. The van der Waals surface area contributed by atoms with Crippen molar-refractivity contribution in [1.82, 2.24) is 0 Å². The van der Waals surface area contributed by atoms with Gasteiger partial charge in [-0.2, -0.15) is 0 Å². The van der Waals surface area contributed by atoms with Gasteiger partial charge >= 0.3 is 0 Å². The minimum Gasteiger partial charge on any atom is -0.363 e. The third-order valence-electron chi connectivity index (χ3n) is 5.22. The van der Waals surface area contributed by atoms with Crippen LogP contribution in [0.1, 0.15) is 24.0 Å². The van der Waals surface area contributed by atoms with E-state index >= 15 is 0 Å². The van der Waals surface area contributed by atoms with Crippen molar-refractivity contribution >= 4 is 16.3 Å². The summed E-state index contributed by atoms with van der Waals surface area (Å²) < 4.78 is 28.5. The summed E-state index contributed by atoms with van der Waals surface area (Å²) in [6.45, 7) is 2.12. The molecule has 0 atom stereocenters. The first kappa shape index (κ1) is 15.1. The lowest BCUT2D eigenvalue weighted by molar-refractivity contribution is 0.576. The summed E-state index contributed by atoms with van der Waals surface area (Å²) >= 11 is 1.74. The summed E-state index contributed by atoms with van der Waals surface area (Å²) in [5.41, 5.74) is 4.50. The van der Waals surface area contributed by atoms with E-state index in [1.165, 1.54) is 23.9 Å². The maximum Gasteiger partial charge on any atom is 0.130 e. The zero-order chi connectivity index (χ0) is 17.0. The molecule has 4 heteroatoms. The maximum absolute atomic E-state index is 14.6. The molecule has 1 saturated heterocycles. The standard InChI is InChI=1S/C21H17F2NS/c22-14-10-16-17(19(23)11-14)9-13-5-1-2-6-15(13)21-18(16)12-20(25-21)24-7-3-4-8-24/h1-2,5-6,10-12H,3-4,7-9H2. The van der Waals surface area contributed by atoms with Gasteiger partial charge in [0.25, 0.3) is 0 Å². The van der Waals surface area contributed by atoms with Crippen LogP contribution in [-0.2, 0) is 6.42 Å². The number of benzene rings is 2. The Morgan fingerprint density at radius 2 is 1.68 bits per heavy atom. The molecule has 0 bridgehead atoms. The predicted octanol–water partition coefficient (Wildman–Crippen LogP) is 5.86. The molecule has 0 unspecified atom stereocenters. The highest BCUT2D eigenvalue weighted by Gasteiger charge is 2.26. The first-order valence-electron chi connectivity index (χ1n) is 8.66. The smallest absolute Gasteiger partial charge is 0.130 e. The number of hydrogen-bond donors (Lipinski definition) is 0. The molecule has 0 amide bonds. The molecule has 3 aromatic rings. The van der Waals surface area contributed by atoms with Crippen LogP contribution in [0.2, 0.25) is 0 Å². The van der Waals surface area contributed by atoms with E-state index in [0.717, 1.165) is 40.7 Å². The second-order valence-electron chi connectivity index (χ2n) is 6.77. The Morgan fingerprint density at radius 3 is 2.52 bits per heavy atom. The number of hydrogen-bond acceptors (Lipinski definition) is 2. The van der Waals surface area contributed by atoms with E-state index in [1.807, 2.05) is 18.2 Å². The van der Waals surface area contributed by atoms with Crippen LogP contribution < -0.4 is 4.90 Å². The van der Waals surface area contributed by atoms with Crippen molar-refractivity contribution in [3.63, 3.8) is 0 Å². The summed E-state index contributed by atoms with van der Waals surface area (Å²) in [6.07, 6.45) is 2.91. The monoisotopic (exact) mass is 353 g/mol. The van der Waals surface area contributed by atoms with Gasteiger partial charge in [0.15, 0.2) is 0 Å². The van der Waals surface area contributed by atoms with Crippen molar-refractivity contribution in [2.75, 3.05) is 18.0 Å². The van der Waals surface area contributed by atoms with Gasteiger partial charge in [-0.1, -0.05) is 24.3 Å². The van der Waals surface area contributed by atoms with Crippen LogP contribution in [0.4, 0.5) is 13.8 Å². The average Bonchev–Trinajstić information content (AvgIpc) is 3.25. The molecule has 1 fully saturated rings. The number of anilines is 1. The van der Waals surface area contributed by atoms with E-state index in [0.29, 0.717) is 17.5 Å². The minimum atomic E-state index is -0.512. The largest absolute Gasteiger partial charge is 0.363 e. The van der Waals surface area contributed by atoms with Crippen LogP contribution in [0, 0.1) is 11.6 Å². The van der Waals surface area contributed by atoms with Gasteiger partial charge < -0.3 is 4.90 Å². The molecule has 0 saturated carbocycles. The molecule has 1 aromatic heterocycles. The molecule has 2 aromatic carbocycles. The van der Waals surface area contributed by atoms with Gasteiger partial charge in [0, 0.05) is 41.6 Å². The molecule has 0 spiro atoms. The third kappa shape index (κ3) is 2.39. The third-order valence-corrected chi connectivity index (χ3v) is 6.45. The van der Waals surface area contributed by atoms with Gasteiger partial charge in [0.1, 0.15) is 11.6 Å². The Labute approximate surface area is 149 Å². The van der Waals surface area contributed by atoms with Gasteiger partial charge in [-0.05, 0) is 41.7 Å². The topological polar surface area (TPSA) is 3.24 Å². The Bertz CT molecular complexity index is 970. The molecule has 25 heavy (non-hydrogen) atoms. The van der Waals surface area contributed by atoms with Crippen molar-refractivity contribution in [1.29, 1.82) is 0 Å². The zero-order valence-electron chi connectivity index (χ0n) is 13.7. The lowest BCUT2D eigenvalue weighted by Crippen LogP contribution is -2.15. The quantitative estimate of drug-likeness (QED) is 0.414. The first-order chi connectivity index (χ1) is 12.2. The molecule has 1 nitrogen and oxygen atoms in total. The molecule has 0 N–H and O–H groups in total.